The molecule has 1 aliphatic rings. The summed E-state index contributed by atoms with van der Waals surface area (Å²) in [6.45, 7) is 5.05. The van der Waals surface area contributed by atoms with E-state index in [-0.39, 0.29) is 12.5 Å². The molecule has 0 radical (unpaired) electrons. The van der Waals surface area contributed by atoms with Crippen LogP contribution in [0.15, 0.2) is 29.2 Å². The van der Waals surface area contributed by atoms with E-state index in [0.717, 1.165) is 5.56 Å². The average molecular weight is 269 g/mol. The minimum atomic E-state index is -3.37. The van der Waals surface area contributed by atoms with E-state index in [4.69, 9.17) is 5.11 Å². The Bertz CT molecular complexity index is 502. The Morgan fingerprint density at radius 3 is 2.28 bits per heavy atom. The van der Waals surface area contributed by atoms with Gasteiger partial charge in [0.05, 0.1) is 4.90 Å². The Hall–Kier alpha value is -0.910. The maximum absolute atomic E-state index is 12.2. The molecule has 0 saturated carbocycles. The average Bonchev–Trinajstić information content (AvgIpc) is 2.27. The fraction of sp³-hybridized carbons (Fsp3) is 0.538. The molecule has 0 unspecified atom stereocenters. The van der Waals surface area contributed by atoms with Gasteiger partial charge in [0, 0.05) is 25.6 Å². The van der Waals surface area contributed by atoms with Gasteiger partial charge in [0.15, 0.2) is 0 Å². The van der Waals surface area contributed by atoms with Crippen LogP contribution in [-0.4, -0.2) is 37.5 Å². The maximum Gasteiger partial charge on any atom is 0.243 e. The lowest BCUT2D eigenvalue weighted by Crippen LogP contribution is -2.51. The van der Waals surface area contributed by atoms with Gasteiger partial charge in [-0.25, -0.2) is 8.42 Å². The van der Waals surface area contributed by atoms with Crippen molar-refractivity contribution in [3.8, 4) is 0 Å². The van der Waals surface area contributed by atoms with Crippen LogP contribution in [0.25, 0.3) is 0 Å². The first-order chi connectivity index (χ1) is 8.45. The van der Waals surface area contributed by atoms with Crippen molar-refractivity contribution in [2.45, 2.75) is 24.7 Å². The molecule has 4 nitrogen and oxygen atoms in total. The molecule has 1 N–H and O–H groups in total. The summed E-state index contributed by atoms with van der Waals surface area (Å²) in [5.41, 5.74) is 1.13. The molecule has 0 amide bonds. The van der Waals surface area contributed by atoms with Gasteiger partial charge in [-0.15, -0.1) is 0 Å². The van der Waals surface area contributed by atoms with Crippen molar-refractivity contribution in [3.05, 3.63) is 29.8 Å². The zero-order chi connectivity index (χ0) is 13.3. The summed E-state index contributed by atoms with van der Waals surface area (Å²) < 4.78 is 25.8. The van der Waals surface area contributed by atoms with Crippen molar-refractivity contribution in [2.75, 3.05) is 19.7 Å². The van der Waals surface area contributed by atoms with Gasteiger partial charge in [-0.3, -0.25) is 0 Å². The summed E-state index contributed by atoms with van der Waals surface area (Å²) >= 11 is 0. The second kappa shape index (κ2) is 4.99. The van der Waals surface area contributed by atoms with Gasteiger partial charge >= 0.3 is 0 Å². The van der Waals surface area contributed by atoms with Crippen LogP contribution in [-0.2, 0) is 10.0 Å². The fourth-order valence-electron chi connectivity index (χ4n) is 2.01. The van der Waals surface area contributed by atoms with E-state index in [1.165, 1.54) is 4.31 Å². The van der Waals surface area contributed by atoms with Crippen LogP contribution in [0.4, 0.5) is 0 Å². The Morgan fingerprint density at radius 2 is 1.83 bits per heavy atom. The van der Waals surface area contributed by atoms with Crippen LogP contribution in [0.1, 0.15) is 25.3 Å². The number of rotatable bonds is 4. The minimum absolute atomic E-state index is 0.0539. The normalized spacial score (nSPS) is 18.0. The lowest BCUT2D eigenvalue weighted by molar-refractivity contribution is 0.117. The molecule has 5 heteroatoms. The number of hydrogen-bond donors (Lipinski definition) is 1. The van der Waals surface area contributed by atoms with Crippen molar-refractivity contribution in [1.29, 1.82) is 0 Å². The standard InChI is InChI=1S/C13H19NO3S/c1-10(2)12-3-5-13(6-4-12)18(16,17)14-7-11(8-14)9-15/h3-6,10-11,15H,7-9H2,1-2H3. The summed E-state index contributed by atoms with van der Waals surface area (Å²) in [7, 11) is -3.37. The van der Waals surface area contributed by atoms with Crippen LogP contribution in [0, 0.1) is 5.92 Å². The first kappa shape index (κ1) is 13.5. The van der Waals surface area contributed by atoms with E-state index in [9.17, 15) is 8.42 Å². The molecule has 0 atom stereocenters. The number of nitrogens with zero attached hydrogens (tertiary/aromatic N) is 1. The van der Waals surface area contributed by atoms with Crippen LogP contribution < -0.4 is 0 Å². The predicted molar refractivity (Wildman–Crippen MR) is 69.9 cm³/mol. The Balaban J connectivity index is 2.16. The summed E-state index contributed by atoms with van der Waals surface area (Å²) in [6, 6.07) is 7.05. The minimum Gasteiger partial charge on any atom is -0.396 e. The Kier molecular flexibility index (Phi) is 3.75. The highest BCUT2D eigenvalue weighted by atomic mass is 32.2. The van der Waals surface area contributed by atoms with Crippen molar-refractivity contribution in [2.24, 2.45) is 5.92 Å². The molecule has 1 aromatic carbocycles. The smallest absolute Gasteiger partial charge is 0.243 e. The van der Waals surface area contributed by atoms with Crippen molar-refractivity contribution < 1.29 is 13.5 Å². The molecule has 0 aromatic heterocycles. The topological polar surface area (TPSA) is 57.6 Å². The second-order valence-electron chi connectivity index (χ2n) is 5.09. The van der Waals surface area contributed by atoms with Gasteiger partial charge < -0.3 is 5.11 Å². The molecular weight excluding hydrogens is 250 g/mol. The van der Waals surface area contributed by atoms with E-state index >= 15 is 0 Å². The largest absolute Gasteiger partial charge is 0.396 e. The van der Waals surface area contributed by atoms with E-state index in [0.29, 0.717) is 23.9 Å². The van der Waals surface area contributed by atoms with Crippen molar-refractivity contribution >= 4 is 10.0 Å². The number of aliphatic hydroxyl groups excluding tert-OH is 1. The van der Waals surface area contributed by atoms with E-state index < -0.39 is 10.0 Å². The van der Waals surface area contributed by atoms with E-state index in [2.05, 4.69) is 13.8 Å². The van der Waals surface area contributed by atoms with Gasteiger partial charge in [0.1, 0.15) is 0 Å². The van der Waals surface area contributed by atoms with Gasteiger partial charge in [-0.2, -0.15) is 4.31 Å². The number of benzene rings is 1. The predicted octanol–water partition coefficient (Wildman–Crippen LogP) is 1.42. The first-order valence-electron chi connectivity index (χ1n) is 6.16. The van der Waals surface area contributed by atoms with Gasteiger partial charge in [0.25, 0.3) is 0 Å². The summed E-state index contributed by atoms with van der Waals surface area (Å²) in [4.78, 5) is 0.336. The van der Waals surface area contributed by atoms with Crippen LogP contribution in [0.2, 0.25) is 0 Å². The molecule has 0 aliphatic carbocycles. The van der Waals surface area contributed by atoms with Crippen molar-refractivity contribution in [1.82, 2.24) is 4.31 Å². The van der Waals surface area contributed by atoms with Gasteiger partial charge in [-0.1, -0.05) is 26.0 Å². The van der Waals surface area contributed by atoms with Crippen LogP contribution >= 0.6 is 0 Å². The monoisotopic (exact) mass is 269 g/mol. The summed E-state index contributed by atoms with van der Waals surface area (Å²) in [6.07, 6.45) is 0. The van der Waals surface area contributed by atoms with Crippen molar-refractivity contribution in [3.63, 3.8) is 0 Å². The molecule has 1 fully saturated rings. The van der Waals surface area contributed by atoms with E-state index in [1.54, 1.807) is 12.1 Å². The highest BCUT2D eigenvalue weighted by Gasteiger charge is 2.36. The highest BCUT2D eigenvalue weighted by Crippen LogP contribution is 2.25. The number of aliphatic hydroxyl groups is 1. The van der Waals surface area contributed by atoms with E-state index in [1.807, 2.05) is 12.1 Å². The van der Waals surface area contributed by atoms with Crippen LogP contribution in [0.3, 0.4) is 0 Å². The first-order valence-corrected chi connectivity index (χ1v) is 7.60. The SMILES string of the molecule is CC(C)c1ccc(S(=O)(=O)N2CC(CO)C2)cc1. The number of sulfonamides is 1. The highest BCUT2D eigenvalue weighted by molar-refractivity contribution is 7.89. The molecule has 18 heavy (non-hydrogen) atoms. The Labute approximate surface area is 108 Å². The molecular formula is C13H19NO3S. The fourth-order valence-corrected chi connectivity index (χ4v) is 3.60. The molecule has 2 rings (SSSR count). The van der Waals surface area contributed by atoms with Gasteiger partial charge in [-0.05, 0) is 23.6 Å². The van der Waals surface area contributed by atoms with Crippen LogP contribution in [0.5, 0.6) is 0 Å². The quantitative estimate of drug-likeness (QED) is 0.899. The Morgan fingerprint density at radius 1 is 1.28 bits per heavy atom. The molecule has 1 saturated heterocycles. The second-order valence-corrected chi connectivity index (χ2v) is 7.03. The summed E-state index contributed by atoms with van der Waals surface area (Å²) in [5, 5.41) is 8.92. The number of hydrogen-bond acceptors (Lipinski definition) is 3. The zero-order valence-electron chi connectivity index (χ0n) is 10.7. The maximum atomic E-state index is 12.2. The molecule has 100 valence electrons. The lowest BCUT2D eigenvalue weighted by Gasteiger charge is -2.36. The molecule has 1 heterocycles. The third kappa shape index (κ3) is 2.43. The molecule has 1 aliphatic heterocycles. The molecule has 0 bridgehead atoms. The third-order valence-corrected chi connectivity index (χ3v) is 5.21. The van der Waals surface area contributed by atoms with Gasteiger partial charge in [0.2, 0.25) is 10.0 Å². The molecule has 1 aromatic rings. The third-order valence-electron chi connectivity index (χ3n) is 3.37. The zero-order valence-corrected chi connectivity index (χ0v) is 11.5. The summed E-state index contributed by atoms with van der Waals surface area (Å²) in [5.74, 6) is 0.485. The lowest BCUT2D eigenvalue weighted by atomic mass is 10.0. The molecule has 0 spiro atoms.